The molecule has 0 aliphatic rings. The molecular weight excluding hydrogens is 681 g/mol. The number of benzene rings is 5. The number of halogens is 1. The summed E-state index contributed by atoms with van der Waals surface area (Å²) in [5, 5.41) is 18.4. The molecule has 228 valence electrons. The number of nitrogens with two attached hydrogens (primary N) is 1. The van der Waals surface area contributed by atoms with Gasteiger partial charge in [-0.15, -0.1) is 0 Å². The fourth-order valence-corrected chi connectivity index (χ4v) is 5.38. The minimum atomic E-state index is -0.999. The van der Waals surface area contributed by atoms with Crippen LogP contribution >= 0.6 is 22.6 Å². The number of hydrogen-bond acceptors (Lipinski definition) is 6. The number of ether oxygens (including phenoxy) is 2. The molecule has 0 bridgehead atoms. The van der Waals surface area contributed by atoms with E-state index < -0.39 is 18.3 Å². The zero-order valence-electron chi connectivity index (χ0n) is 24.2. The molecule has 2 amide bonds. The maximum atomic E-state index is 13.5. The number of phenols is 1. The third kappa shape index (κ3) is 8.54. The Kier molecular flexibility index (Phi) is 10.5. The van der Waals surface area contributed by atoms with Crippen molar-refractivity contribution in [1.29, 1.82) is 0 Å². The topological polar surface area (TPSA) is 123 Å². The molecular formula is C36H32IN3O5. The number of carbonyl (C=O) groups is 2. The van der Waals surface area contributed by atoms with Crippen molar-refractivity contribution < 1.29 is 24.2 Å². The molecule has 9 heteroatoms. The molecule has 5 aromatic rings. The van der Waals surface area contributed by atoms with Gasteiger partial charge in [0, 0.05) is 14.5 Å². The number of allylic oxidation sites excluding steroid dienone is 1. The Morgan fingerprint density at radius 2 is 1.56 bits per heavy atom. The Balaban J connectivity index is 1.39. The Morgan fingerprint density at radius 1 is 0.844 bits per heavy atom. The molecule has 2 atom stereocenters. The molecule has 5 N–H and O–H groups in total. The summed E-state index contributed by atoms with van der Waals surface area (Å²) in [6, 6.07) is 34.6. The molecule has 0 aliphatic carbocycles. The van der Waals surface area contributed by atoms with Gasteiger partial charge in [0.1, 0.15) is 17.6 Å². The van der Waals surface area contributed by atoms with Gasteiger partial charge in [-0.2, -0.15) is 0 Å². The third-order valence-corrected chi connectivity index (χ3v) is 7.70. The third-order valence-electron chi connectivity index (χ3n) is 7.03. The zero-order chi connectivity index (χ0) is 31.6. The van der Waals surface area contributed by atoms with Crippen molar-refractivity contribution in [2.45, 2.75) is 25.0 Å². The molecule has 0 aliphatic heterocycles. The lowest BCUT2D eigenvalue weighted by atomic mass is 9.99. The van der Waals surface area contributed by atoms with Gasteiger partial charge in [0.25, 0.3) is 0 Å². The molecule has 0 spiro atoms. The Hall–Kier alpha value is -5.03. The van der Waals surface area contributed by atoms with Gasteiger partial charge in [0.15, 0.2) is 6.10 Å². The highest BCUT2D eigenvalue weighted by Gasteiger charge is 2.31. The molecule has 0 aromatic heterocycles. The first-order valence-electron chi connectivity index (χ1n) is 14.3. The van der Waals surface area contributed by atoms with Gasteiger partial charge in [-0.3, -0.25) is 10.1 Å². The fourth-order valence-electron chi connectivity index (χ4n) is 4.86. The van der Waals surface area contributed by atoms with Crippen LogP contribution in [-0.4, -0.2) is 23.2 Å². The first-order chi connectivity index (χ1) is 21.9. The first-order valence-corrected chi connectivity index (χ1v) is 15.4. The van der Waals surface area contributed by atoms with Gasteiger partial charge >= 0.3 is 6.09 Å². The van der Waals surface area contributed by atoms with Crippen LogP contribution in [0.1, 0.15) is 24.5 Å². The quantitative estimate of drug-likeness (QED) is 0.0619. The average molecular weight is 714 g/mol. The Morgan fingerprint density at radius 3 is 2.38 bits per heavy atom. The summed E-state index contributed by atoms with van der Waals surface area (Å²) in [6.07, 6.45) is 1.48. The van der Waals surface area contributed by atoms with Crippen LogP contribution in [0.15, 0.2) is 127 Å². The summed E-state index contributed by atoms with van der Waals surface area (Å²) < 4.78 is 13.3. The predicted molar refractivity (Wildman–Crippen MR) is 186 cm³/mol. The van der Waals surface area contributed by atoms with E-state index in [1.807, 2.05) is 66.7 Å². The summed E-state index contributed by atoms with van der Waals surface area (Å²) in [6.45, 7) is 0. The van der Waals surface area contributed by atoms with E-state index in [9.17, 15) is 14.7 Å². The lowest BCUT2D eigenvalue weighted by Crippen LogP contribution is -2.31. The minimum Gasteiger partial charge on any atom is -0.508 e. The van der Waals surface area contributed by atoms with E-state index in [2.05, 4.69) is 33.2 Å². The summed E-state index contributed by atoms with van der Waals surface area (Å²) >= 11 is 2.14. The second kappa shape index (κ2) is 15.1. The predicted octanol–water partition coefficient (Wildman–Crippen LogP) is 8.44. The number of phenolic OH excluding ortho intramolecular Hbond substituents is 1. The van der Waals surface area contributed by atoms with Crippen LogP contribution in [0.3, 0.4) is 0 Å². The molecule has 5 rings (SSSR count). The summed E-state index contributed by atoms with van der Waals surface area (Å²) in [5.41, 5.74) is 7.93. The maximum Gasteiger partial charge on any atom is 0.412 e. The van der Waals surface area contributed by atoms with Crippen molar-refractivity contribution in [3.63, 3.8) is 0 Å². The molecule has 45 heavy (non-hydrogen) atoms. The SMILES string of the molecule is Nc1ccccc1NC(=O)/C=C/CC[C@H](Oc1ccccc1)[C@@H](OC(=O)Nc1cccc2ccccc12)c1cc(I)ccc1O. The van der Waals surface area contributed by atoms with Gasteiger partial charge in [-0.05, 0) is 95.4 Å². The molecule has 0 saturated heterocycles. The number of aromatic hydroxyl groups is 1. The van der Waals surface area contributed by atoms with E-state index in [0.717, 1.165) is 14.3 Å². The normalized spacial score (nSPS) is 12.4. The van der Waals surface area contributed by atoms with E-state index >= 15 is 0 Å². The standard InChI is InChI=1S/C36H32IN3O5/c37-25-21-22-32(41)28(23-25)35(45-36(43)40-30-18-10-12-24-11-4-5-15-27(24)30)33(44-26-13-2-1-3-14-26)19-8-9-20-34(42)39-31-17-7-6-16-29(31)38/h1-7,9-18,20-23,33,35,41H,8,19,38H2,(H,39,42)(H,40,43)/b20-9+/t33-,35-/m0/s1. The van der Waals surface area contributed by atoms with Crippen LogP contribution in [0.5, 0.6) is 11.5 Å². The van der Waals surface area contributed by atoms with Crippen LogP contribution < -0.4 is 21.1 Å². The largest absolute Gasteiger partial charge is 0.508 e. The van der Waals surface area contributed by atoms with Crippen LogP contribution in [0, 0.1) is 3.57 Å². The number of hydrogen-bond donors (Lipinski definition) is 4. The highest BCUT2D eigenvalue weighted by atomic mass is 127. The molecule has 8 nitrogen and oxygen atoms in total. The molecule has 0 unspecified atom stereocenters. The highest BCUT2D eigenvalue weighted by molar-refractivity contribution is 14.1. The maximum absolute atomic E-state index is 13.5. The van der Waals surface area contributed by atoms with Gasteiger partial charge in [0.05, 0.1) is 17.1 Å². The van der Waals surface area contributed by atoms with Gasteiger partial charge in [0.2, 0.25) is 5.91 Å². The molecule has 0 saturated carbocycles. The number of carbonyl (C=O) groups excluding carboxylic acids is 2. The number of amides is 2. The highest BCUT2D eigenvalue weighted by Crippen LogP contribution is 2.35. The summed E-state index contributed by atoms with van der Waals surface area (Å²) in [5.74, 6) is 0.207. The fraction of sp³-hybridized carbons (Fsp3) is 0.111. The van der Waals surface area contributed by atoms with Crippen molar-refractivity contribution in [2.75, 3.05) is 16.4 Å². The van der Waals surface area contributed by atoms with Crippen molar-refractivity contribution in [2.24, 2.45) is 0 Å². The summed E-state index contributed by atoms with van der Waals surface area (Å²) in [7, 11) is 0. The lowest BCUT2D eigenvalue weighted by Gasteiger charge is -2.29. The molecule has 0 fully saturated rings. The van der Waals surface area contributed by atoms with Crippen molar-refractivity contribution in [3.8, 4) is 11.5 Å². The van der Waals surface area contributed by atoms with E-state index in [0.29, 0.717) is 41.2 Å². The Bertz CT molecular complexity index is 1810. The van der Waals surface area contributed by atoms with Crippen molar-refractivity contribution >= 4 is 62.4 Å². The van der Waals surface area contributed by atoms with Gasteiger partial charge in [-0.25, -0.2) is 4.79 Å². The zero-order valence-corrected chi connectivity index (χ0v) is 26.4. The minimum absolute atomic E-state index is 0.0320. The van der Waals surface area contributed by atoms with Crippen molar-refractivity contribution in [3.05, 3.63) is 137 Å². The molecule has 5 aromatic carbocycles. The van der Waals surface area contributed by atoms with Gasteiger partial charge in [-0.1, -0.05) is 72.8 Å². The monoisotopic (exact) mass is 713 g/mol. The van der Waals surface area contributed by atoms with E-state index in [-0.39, 0.29) is 11.7 Å². The van der Waals surface area contributed by atoms with Crippen LogP contribution in [0.25, 0.3) is 10.8 Å². The number of nitrogens with one attached hydrogen (secondary N) is 2. The van der Waals surface area contributed by atoms with E-state index in [1.165, 1.54) is 6.08 Å². The van der Waals surface area contributed by atoms with Gasteiger partial charge < -0.3 is 25.6 Å². The van der Waals surface area contributed by atoms with E-state index in [4.69, 9.17) is 15.2 Å². The number of para-hydroxylation sites is 3. The molecule has 0 heterocycles. The molecule has 0 radical (unpaired) electrons. The number of anilines is 3. The van der Waals surface area contributed by atoms with Crippen molar-refractivity contribution in [1.82, 2.24) is 0 Å². The number of fused-ring (bicyclic) bond motifs is 1. The second-order valence-electron chi connectivity index (χ2n) is 10.2. The average Bonchev–Trinajstić information content (AvgIpc) is 3.04. The second-order valence-corrected chi connectivity index (χ2v) is 11.5. The summed E-state index contributed by atoms with van der Waals surface area (Å²) in [4.78, 5) is 26.0. The van der Waals surface area contributed by atoms with Crippen LogP contribution in [0.2, 0.25) is 0 Å². The smallest absolute Gasteiger partial charge is 0.412 e. The van der Waals surface area contributed by atoms with Crippen LogP contribution in [-0.2, 0) is 9.53 Å². The van der Waals surface area contributed by atoms with E-state index in [1.54, 1.807) is 54.6 Å². The Labute approximate surface area is 275 Å². The number of nitrogen functional groups attached to an aromatic ring is 1. The first kappa shape index (κ1) is 31.4. The lowest BCUT2D eigenvalue weighted by molar-refractivity contribution is -0.111. The number of rotatable bonds is 11. The van der Waals surface area contributed by atoms with Crippen LogP contribution in [0.4, 0.5) is 21.9 Å².